The molecule has 3 aromatic rings. The second-order valence-corrected chi connectivity index (χ2v) is 19.4. The Morgan fingerprint density at radius 2 is 1.66 bits per heavy atom. The highest BCUT2D eigenvalue weighted by atomic mass is 28.4. The smallest absolute Gasteiger partial charge is 0.417 e. The average Bonchev–Trinajstić information content (AvgIpc) is 3.43. The largest absolute Gasteiger partial charge is 0.494 e. The summed E-state index contributed by atoms with van der Waals surface area (Å²) in [6.45, 7) is 19.4. The molecule has 4 rings (SSSR count). The third-order valence-corrected chi connectivity index (χ3v) is 13.4. The van der Waals surface area contributed by atoms with Crippen molar-refractivity contribution in [1.82, 2.24) is 19.9 Å². The monoisotopic (exact) mass is 668 g/mol. The summed E-state index contributed by atoms with van der Waals surface area (Å²) in [6, 6.07) is 8.85. The number of nitrogens with zero attached hydrogens (tertiary/aromatic N) is 4. The first-order valence-corrected chi connectivity index (χ1v) is 19.4. The molecule has 1 saturated carbocycles. The number of amides is 2. The van der Waals surface area contributed by atoms with Crippen molar-refractivity contribution < 1.29 is 28.6 Å². The van der Waals surface area contributed by atoms with Crippen molar-refractivity contribution in [3.8, 4) is 5.75 Å². The number of aromatic nitrogens is 3. The van der Waals surface area contributed by atoms with Crippen LogP contribution in [0.2, 0.25) is 18.1 Å². The van der Waals surface area contributed by atoms with Gasteiger partial charge in [0.1, 0.15) is 17.2 Å². The lowest BCUT2D eigenvalue weighted by Crippen LogP contribution is -2.42. The second-order valence-electron chi connectivity index (χ2n) is 14.6. The van der Waals surface area contributed by atoms with Gasteiger partial charge in [-0.3, -0.25) is 0 Å². The standard InChI is InChI=1S/C34H52N6O6Si/c1-10-44-26-17-15-25(16-18-26)39(32(42)43)30-27(20-22-45-47(8,9)34(5,6)7)29(38-28-19-21-35-40(28)30)36-23-11-13-24(14-12-23)37-31(41)46-33(2,3)4/h15-19,21,23-24H,10-14,20,22H2,1-9H3,(H,36,38)(H,37,41)(H,42,43). The van der Waals surface area contributed by atoms with Gasteiger partial charge in [0.05, 0.1) is 18.5 Å². The van der Waals surface area contributed by atoms with Crippen LogP contribution in [0.25, 0.3) is 5.65 Å². The predicted molar refractivity (Wildman–Crippen MR) is 187 cm³/mol. The lowest BCUT2D eigenvalue weighted by molar-refractivity contribution is 0.0492. The van der Waals surface area contributed by atoms with E-state index in [9.17, 15) is 14.7 Å². The molecular weight excluding hydrogens is 616 g/mol. The number of carboxylic acid groups (broad SMARTS) is 1. The van der Waals surface area contributed by atoms with Gasteiger partial charge in [0.2, 0.25) is 0 Å². The van der Waals surface area contributed by atoms with Crippen molar-refractivity contribution in [2.24, 2.45) is 0 Å². The lowest BCUT2D eigenvalue weighted by Gasteiger charge is -2.36. The van der Waals surface area contributed by atoms with Crippen LogP contribution in [0.1, 0.15) is 79.7 Å². The van der Waals surface area contributed by atoms with E-state index in [0.29, 0.717) is 53.9 Å². The minimum absolute atomic E-state index is 0.0164. The van der Waals surface area contributed by atoms with Crippen molar-refractivity contribution in [1.29, 1.82) is 0 Å². The van der Waals surface area contributed by atoms with E-state index in [4.69, 9.17) is 18.9 Å². The first-order chi connectivity index (χ1) is 22.0. The van der Waals surface area contributed by atoms with Gasteiger partial charge in [-0.05, 0) is 95.8 Å². The first kappa shape index (κ1) is 36.0. The topological polar surface area (TPSA) is 140 Å². The zero-order valence-corrected chi connectivity index (χ0v) is 30.3. The molecule has 2 aromatic heterocycles. The molecule has 0 atom stereocenters. The van der Waals surface area contributed by atoms with E-state index in [2.05, 4.69) is 49.6 Å². The Labute approximate surface area is 279 Å². The normalized spacial score (nSPS) is 17.3. The Morgan fingerprint density at radius 1 is 1.02 bits per heavy atom. The Kier molecular flexibility index (Phi) is 11.1. The molecule has 0 aliphatic heterocycles. The Balaban J connectivity index is 1.69. The molecule has 1 aromatic carbocycles. The van der Waals surface area contributed by atoms with Gasteiger partial charge in [0, 0.05) is 36.7 Å². The Hall–Kier alpha value is -3.84. The summed E-state index contributed by atoms with van der Waals surface area (Å²) in [5.74, 6) is 1.65. The predicted octanol–water partition coefficient (Wildman–Crippen LogP) is 7.76. The molecule has 47 heavy (non-hydrogen) atoms. The van der Waals surface area contributed by atoms with Crippen LogP contribution in [-0.2, 0) is 15.6 Å². The fourth-order valence-electron chi connectivity index (χ4n) is 5.40. The molecule has 13 heteroatoms. The summed E-state index contributed by atoms with van der Waals surface area (Å²) in [5.41, 5.74) is 1.12. The van der Waals surface area contributed by atoms with Crippen LogP contribution in [0.3, 0.4) is 0 Å². The average molecular weight is 669 g/mol. The number of fused-ring (bicyclic) bond motifs is 1. The maximum atomic E-state index is 13.0. The van der Waals surface area contributed by atoms with Crippen LogP contribution in [0, 0.1) is 0 Å². The summed E-state index contributed by atoms with van der Waals surface area (Å²) in [6.07, 6.45) is 3.63. The van der Waals surface area contributed by atoms with Crippen LogP contribution in [0.5, 0.6) is 5.75 Å². The fourth-order valence-corrected chi connectivity index (χ4v) is 6.44. The summed E-state index contributed by atoms with van der Waals surface area (Å²) in [7, 11) is -2.09. The minimum Gasteiger partial charge on any atom is -0.494 e. The number of benzene rings is 1. The number of alkyl carbamates (subject to hydrolysis) is 1. The Bertz CT molecular complexity index is 1520. The van der Waals surface area contributed by atoms with E-state index in [1.807, 2.05) is 27.7 Å². The summed E-state index contributed by atoms with van der Waals surface area (Å²) in [4.78, 5) is 31.6. The van der Waals surface area contributed by atoms with Gasteiger partial charge in [-0.15, -0.1) is 0 Å². The summed E-state index contributed by atoms with van der Waals surface area (Å²) < 4.78 is 19.2. The SMILES string of the molecule is CCOc1ccc(N(C(=O)O)c2c(CCO[Si](C)(C)C(C)(C)C)c(NC3CCC(NC(=O)OC(C)(C)C)CC3)nc3ccnn23)cc1. The first-order valence-electron chi connectivity index (χ1n) is 16.5. The van der Waals surface area contributed by atoms with E-state index < -0.39 is 26.1 Å². The minimum atomic E-state index is -2.09. The molecule has 0 radical (unpaired) electrons. The van der Waals surface area contributed by atoms with Crippen LogP contribution in [-0.4, -0.2) is 71.1 Å². The highest BCUT2D eigenvalue weighted by molar-refractivity contribution is 6.74. The van der Waals surface area contributed by atoms with Gasteiger partial charge in [-0.2, -0.15) is 9.61 Å². The van der Waals surface area contributed by atoms with E-state index in [1.54, 1.807) is 41.0 Å². The molecule has 258 valence electrons. The van der Waals surface area contributed by atoms with E-state index in [1.165, 1.54) is 4.90 Å². The van der Waals surface area contributed by atoms with Crippen molar-refractivity contribution in [3.63, 3.8) is 0 Å². The number of nitrogens with one attached hydrogen (secondary N) is 2. The van der Waals surface area contributed by atoms with Crippen LogP contribution in [0.15, 0.2) is 36.5 Å². The van der Waals surface area contributed by atoms with Gasteiger partial charge in [-0.25, -0.2) is 19.5 Å². The number of hydrogen-bond acceptors (Lipinski definition) is 8. The molecule has 1 aliphatic carbocycles. The van der Waals surface area contributed by atoms with Crippen LogP contribution < -0.4 is 20.3 Å². The van der Waals surface area contributed by atoms with Gasteiger partial charge < -0.3 is 29.6 Å². The Morgan fingerprint density at radius 3 is 2.23 bits per heavy atom. The molecule has 3 N–H and O–H groups in total. The van der Waals surface area contributed by atoms with Gasteiger partial charge in [-0.1, -0.05) is 20.8 Å². The quantitative estimate of drug-likeness (QED) is 0.175. The highest BCUT2D eigenvalue weighted by Crippen LogP contribution is 2.38. The van der Waals surface area contributed by atoms with Crippen molar-refractivity contribution in [2.75, 3.05) is 23.4 Å². The molecule has 0 bridgehead atoms. The highest BCUT2D eigenvalue weighted by Gasteiger charge is 2.37. The molecule has 0 unspecified atom stereocenters. The summed E-state index contributed by atoms with van der Waals surface area (Å²) >= 11 is 0. The number of rotatable bonds is 11. The maximum absolute atomic E-state index is 13.0. The fraction of sp³-hybridized carbons (Fsp3) is 0.588. The lowest BCUT2D eigenvalue weighted by atomic mass is 9.91. The summed E-state index contributed by atoms with van der Waals surface area (Å²) in [5, 5.41) is 21.8. The number of anilines is 3. The molecule has 12 nitrogen and oxygen atoms in total. The van der Waals surface area contributed by atoms with Crippen molar-refractivity contribution in [3.05, 3.63) is 42.1 Å². The molecule has 1 aliphatic rings. The molecule has 2 heterocycles. The molecule has 2 amide bonds. The van der Waals surface area contributed by atoms with Gasteiger partial charge in [0.25, 0.3) is 0 Å². The zero-order valence-electron chi connectivity index (χ0n) is 29.3. The van der Waals surface area contributed by atoms with Crippen LogP contribution >= 0.6 is 0 Å². The van der Waals surface area contributed by atoms with Crippen LogP contribution in [0.4, 0.5) is 26.9 Å². The van der Waals surface area contributed by atoms with Gasteiger partial charge in [0.15, 0.2) is 19.8 Å². The number of carbonyl (C=O) groups excluding carboxylic acids is 1. The maximum Gasteiger partial charge on any atom is 0.417 e. The van der Waals surface area contributed by atoms with E-state index >= 15 is 0 Å². The third-order valence-electron chi connectivity index (χ3n) is 8.82. The number of hydrogen-bond donors (Lipinski definition) is 3. The molecule has 0 saturated heterocycles. The van der Waals surface area contributed by atoms with Gasteiger partial charge >= 0.3 is 12.2 Å². The second kappa shape index (κ2) is 14.5. The number of ether oxygens (including phenoxy) is 2. The zero-order chi connectivity index (χ0) is 34.6. The third kappa shape index (κ3) is 9.16. The number of carbonyl (C=O) groups is 2. The molecule has 0 spiro atoms. The van der Waals surface area contributed by atoms with E-state index in [-0.39, 0.29) is 17.1 Å². The van der Waals surface area contributed by atoms with Crippen molar-refractivity contribution in [2.45, 2.75) is 116 Å². The molecular formula is C34H52N6O6Si. The van der Waals surface area contributed by atoms with Crippen molar-refractivity contribution >= 4 is 43.5 Å². The van der Waals surface area contributed by atoms with E-state index in [0.717, 1.165) is 25.7 Å². The molecule has 1 fully saturated rings.